The summed E-state index contributed by atoms with van der Waals surface area (Å²) < 4.78 is 7.72. The van der Waals surface area contributed by atoms with Gasteiger partial charge < -0.3 is 15.2 Å². The van der Waals surface area contributed by atoms with Crippen molar-refractivity contribution in [2.24, 2.45) is 0 Å². The van der Waals surface area contributed by atoms with E-state index < -0.39 is 12.0 Å². The van der Waals surface area contributed by atoms with Gasteiger partial charge in [0.05, 0.1) is 30.8 Å². The first-order valence-corrected chi connectivity index (χ1v) is 11.8. The van der Waals surface area contributed by atoms with Gasteiger partial charge in [0, 0.05) is 41.5 Å². The number of rotatable bonds is 8. The van der Waals surface area contributed by atoms with Gasteiger partial charge in [0.1, 0.15) is 17.4 Å². The number of nitrogens with zero attached hydrogens (tertiary/aromatic N) is 5. The molecule has 35 heavy (non-hydrogen) atoms. The highest BCUT2D eigenvalue weighted by atomic mass is 16.5. The van der Waals surface area contributed by atoms with Crippen LogP contribution in [0, 0.1) is 6.92 Å². The third-order valence-electron chi connectivity index (χ3n) is 6.31. The largest absolute Gasteiger partial charge is 0.493 e. The zero-order valence-corrected chi connectivity index (χ0v) is 19.8. The van der Waals surface area contributed by atoms with Gasteiger partial charge in [-0.05, 0) is 56.5 Å². The van der Waals surface area contributed by atoms with Gasteiger partial charge in [0.25, 0.3) is 0 Å². The zero-order valence-electron chi connectivity index (χ0n) is 19.8. The van der Waals surface area contributed by atoms with Crippen molar-refractivity contribution in [1.82, 2.24) is 24.7 Å². The van der Waals surface area contributed by atoms with Crippen LogP contribution in [0.1, 0.15) is 48.5 Å². The third-order valence-corrected chi connectivity index (χ3v) is 6.31. The number of fused-ring (bicyclic) bond motifs is 2. The second-order valence-electron chi connectivity index (χ2n) is 8.98. The molecule has 3 aromatic heterocycles. The SMILES string of the molecule is Cc1ncc([C@@H](CC(=O)O)n2ncc3cc(OCCc4ccc5c(n4)N[C@@H](C)CC5)ccc32)cn1. The molecule has 180 valence electrons. The summed E-state index contributed by atoms with van der Waals surface area (Å²) in [6, 6.07) is 9.88. The number of hydrogen-bond donors (Lipinski definition) is 2. The van der Waals surface area contributed by atoms with E-state index >= 15 is 0 Å². The van der Waals surface area contributed by atoms with Crippen LogP contribution < -0.4 is 10.1 Å². The van der Waals surface area contributed by atoms with E-state index in [0.29, 0.717) is 30.5 Å². The number of carbonyl (C=O) groups is 1. The van der Waals surface area contributed by atoms with Crippen LogP contribution in [-0.2, 0) is 17.6 Å². The maximum absolute atomic E-state index is 11.6. The highest BCUT2D eigenvalue weighted by Crippen LogP contribution is 2.28. The maximum atomic E-state index is 11.6. The van der Waals surface area contributed by atoms with Crippen molar-refractivity contribution in [2.75, 3.05) is 11.9 Å². The summed E-state index contributed by atoms with van der Waals surface area (Å²) in [7, 11) is 0. The Morgan fingerprint density at radius 2 is 2.06 bits per heavy atom. The van der Waals surface area contributed by atoms with Crippen molar-refractivity contribution in [3.05, 3.63) is 71.6 Å². The Morgan fingerprint density at radius 1 is 1.23 bits per heavy atom. The number of hydrogen-bond acceptors (Lipinski definition) is 7. The predicted molar refractivity (Wildman–Crippen MR) is 132 cm³/mol. The Morgan fingerprint density at radius 3 is 2.86 bits per heavy atom. The second-order valence-corrected chi connectivity index (χ2v) is 8.98. The summed E-state index contributed by atoms with van der Waals surface area (Å²) in [4.78, 5) is 24.8. The minimum atomic E-state index is -0.917. The minimum absolute atomic E-state index is 0.122. The second kappa shape index (κ2) is 9.69. The molecule has 5 rings (SSSR count). The van der Waals surface area contributed by atoms with E-state index in [0.717, 1.165) is 41.0 Å². The lowest BCUT2D eigenvalue weighted by Crippen LogP contribution is -2.23. The normalized spacial score (nSPS) is 15.9. The minimum Gasteiger partial charge on any atom is -0.493 e. The van der Waals surface area contributed by atoms with E-state index in [-0.39, 0.29) is 6.42 Å². The van der Waals surface area contributed by atoms with E-state index in [9.17, 15) is 9.90 Å². The van der Waals surface area contributed by atoms with Gasteiger partial charge >= 0.3 is 5.97 Å². The number of anilines is 1. The first kappa shape index (κ1) is 22.8. The van der Waals surface area contributed by atoms with Gasteiger partial charge in [0.2, 0.25) is 0 Å². The standard InChI is InChI=1S/C26H28N6O3/c1-16-3-4-18-5-6-21(31-26(18)30-16)9-10-35-22-7-8-23-19(11-22)15-29-32(23)24(12-25(33)34)20-13-27-17(2)28-14-20/h5-8,11,13-16,24H,3-4,9-10,12H2,1-2H3,(H,30,31)(H,33,34)/t16-,24+/m0/s1. The fraction of sp³-hybridized carbons (Fsp3) is 0.346. The summed E-state index contributed by atoms with van der Waals surface area (Å²) in [5.41, 5.74) is 3.79. The molecule has 1 aliphatic rings. The number of aliphatic carboxylic acids is 1. The van der Waals surface area contributed by atoms with E-state index in [2.05, 4.69) is 39.4 Å². The molecular formula is C26H28N6O3. The molecule has 0 unspecified atom stereocenters. The smallest absolute Gasteiger partial charge is 0.305 e. The van der Waals surface area contributed by atoms with Crippen LogP contribution in [0.15, 0.2) is 48.9 Å². The molecule has 0 spiro atoms. The molecule has 0 fully saturated rings. The number of benzene rings is 1. The van der Waals surface area contributed by atoms with Crippen LogP contribution >= 0.6 is 0 Å². The molecule has 0 aliphatic carbocycles. The van der Waals surface area contributed by atoms with E-state index in [1.54, 1.807) is 30.2 Å². The van der Waals surface area contributed by atoms with E-state index in [4.69, 9.17) is 9.72 Å². The predicted octanol–water partition coefficient (Wildman–Crippen LogP) is 3.96. The van der Waals surface area contributed by atoms with E-state index in [1.807, 2.05) is 18.2 Å². The Balaban J connectivity index is 1.29. The van der Waals surface area contributed by atoms with Crippen LogP contribution in [0.4, 0.5) is 5.82 Å². The first-order chi connectivity index (χ1) is 17.0. The zero-order chi connectivity index (χ0) is 24.4. The number of aryl methyl sites for hydroxylation is 2. The van der Waals surface area contributed by atoms with E-state index in [1.165, 1.54) is 5.56 Å². The maximum Gasteiger partial charge on any atom is 0.305 e. The Bertz CT molecular complexity index is 1350. The molecule has 2 N–H and O–H groups in total. The Hall–Kier alpha value is -4.01. The lowest BCUT2D eigenvalue weighted by Gasteiger charge is -2.23. The number of carboxylic acid groups (broad SMARTS) is 1. The summed E-state index contributed by atoms with van der Waals surface area (Å²) in [5, 5.41) is 18.3. The molecule has 0 amide bonds. The number of nitrogens with one attached hydrogen (secondary N) is 1. The van der Waals surface area contributed by atoms with Crippen molar-refractivity contribution >= 4 is 22.7 Å². The quantitative estimate of drug-likeness (QED) is 0.396. The molecular weight excluding hydrogens is 444 g/mol. The van der Waals surface area contributed by atoms with Crippen LogP contribution in [0.2, 0.25) is 0 Å². The molecule has 0 saturated heterocycles. The molecule has 9 nitrogen and oxygen atoms in total. The average Bonchev–Trinajstić information content (AvgIpc) is 3.26. The fourth-order valence-corrected chi connectivity index (χ4v) is 4.40. The van der Waals surface area contributed by atoms with Crippen LogP contribution in [0.5, 0.6) is 5.75 Å². The molecule has 2 atom stereocenters. The fourth-order valence-electron chi connectivity index (χ4n) is 4.40. The molecule has 4 heterocycles. The summed E-state index contributed by atoms with van der Waals surface area (Å²) >= 11 is 0. The Kier molecular flexibility index (Phi) is 6.31. The molecule has 1 aliphatic heterocycles. The lowest BCUT2D eigenvalue weighted by atomic mass is 10.0. The van der Waals surface area contributed by atoms with Crippen LogP contribution in [-0.4, -0.2) is 48.5 Å². The summed E-state index contributed by atoms with van der Waals surface area (Å²) in [5.74, 6) is 1.44. The molecule has 0 saturated carbocycles. The highest BCUT2D eigenvalue weighted by Gasteiger charge is 2.21. The molecule has 0 bridgehead atoms. The van der Waals surface area contributed by atoms with Gasteiger partial charge in [-0.2, -0.15) is 5.10 Å². The van der Waals surface area contributed by atoms with Gasteiger partial charge in [-0.25, -0.2) is 15.0 Å². The van der Waals surface area contributed by atoms with Gasteiger partial charge in [0.15, 0.2) is 0 Å². The number of aromatic nitrogens is 5. The van der Waals surface area contributed by atoms with Gasteiger partial charge in [-0.1, -0.05) is 6.07 Å². The molecule has 9 heteroatoms. The first-order valence-electron chi connectivity index (χ1n) is 11.8. The number of carboxylic acids is 1. The Labute approximate surface area is 203 Å². The summed E-state index contributed by atoms with van der Waals surface area (Å²) in [6.07, 6.45) is 7.82. The third kappa shape index (κ3) is 5.08. The molecule has 4 aromatic rings. The van der Waals surface area contributed by atoms with Crippen LogP contribution in [0.3, 0.4) is 0 Å². The number of ether oxygens (including phenoxy) is 1. The molecule has 1 aromatic carbocycles. The van der Waals surface area contributed by atoms with Crippen molar-refractivity contribution in [2.45, 2.75) is 51.6 Å². The number of pyridine rings is 1. The average molecular weight is 473 g/mol. The topological polar surface area (TPSA) is 115 Å². The summed E-state index contributed by atoms with van der Waals surface area (Å²) in [6.45, 7) is 4.47. The van der Waals surface area contributed by atoms with Crippen molar-refractivity contribution in [1.29, 1.82) is 0 Å². The van der Waals surface area contributed by atoms with Gasteiger partial charge in [-0.3, -0.25) is 9.48 Å². The lowest BCUT2D eigenvalue weighted by molar-refractivity contribution is -0.137. The van der Waals surface area contributed by atoms with Crippen LogP contribution in [0.25, 0.3) is 10.9 Å². The van der Waals surface area contributed by atoms with Gasteiger partial charge in [-0.15, -0.1) is 0 Å². The van der Waals surface area contributed by atoms with Crippen molar-refractivity contribution < 1.29 is 14.6 Å². The highest BCUT2D eigenvalue weighted by molar-refractivity contribution is 5.81. The van der Waals surface area contributed by atoms with Crippen molar-refractivity contribution in [3.63, 3.8) is 0 Å². The van der Waals surface area contributed by atoms with Crippen molar-refractivity contribution in [3.8, 4) is 5.75 Å². The molecule has 0 radical (unpaired) electrons. The monoisotopic (exact) mass is 472 g/mol.